The number of aromatic amines is 1. The molecule has 3 rings (SSSR count). The molecule has 0 bridgehead atoms. The summed E-state index contributed by atoms with van der Waals surface area (Å²) in [6, 6.07) is 6.16. The van der Waals surface area contributed by atoms with Gasteiger partial charge >= 0.3 is 0 Å². The molecular formula is C14H16ClN. The second-order valence-electron chi connectivity index (χ2n) is 4.79. The van der Waals surface area contributed by atoms with E-state index in [4.69, 9.17) is 11.6 Å². The molecule has 1 aromatic carbocycles. The smallest absolute Gasteiger partial charge is 0.0460 e. The van der Waals surface area contributed by atoms with Crippen molar-refractivity contribution in [3.63, 3.8) is 0 Å². The highest BCUT2D eigenvalue weighted by Crippen LogP contribution is 2.33. The van der Waals surface area contributed by atoms with E-state index in [1.165, 1.54) is 47.8 Å². The highest BCUT2D eigenvalue weighted by Gasteiger charge is 2.21. The monoisotopic (exact) mass is 233 g/mol. The topological polar surface area (TPSA) is 15.8 Å². The summed E-state index contributed by atoms with van der Waals surface area (Å²) in [5.74, 6) is 0.852. The Morgan fingerprint density at radius 2 is 2.31 bits per heavy atom. The first kappa shape index (κ1) is 10.2. The number of hydrogen-bond acceptors (Lipinski definition) is 0. The van der Waals surface area contributed by atoms with Crippen LogP contribution in [0.2, 0.25) is 5.02 Å². The maximum atomic E-state index is 6.07. The van der Waals surface area contributed by atoms with Gasteiger partial charge < -0.3 is 4.98 Å². The van der Waals surface area contributed by atoms with Gasteiger partial charge in [-0.15, -0.1) is 0 Å². The average Bonchev–Trinajstić information content (AvgIpc) is 2.66. The largest absolute Gasteiger partial charge is 0.358 e. The van der Waals surface area contributed by atoms with Gasteiger partial charge in [-0.25, -0.2) is 0 Å². The molecule has 0 saturated carbocycles. The van der Waals surface area contributed by atoms with Gasteiger partial charge in [0.25, 0.3) is 0 Å². The Labute approximate surface area is 101 Å². The normalized spacial score (nSPS) is 20.0. The van der Waals surface area contributed by atoms with Crippen molar-refractivity contribution in [3.05, 3.63) is 34.5 Å². The highest BCUT2D eigenvalue weighted by molar-refractivity contribution is 6.31. The molecule has 1 aliphatic rings. The number of aryl methyl sites for hydroxylation is 1. The Morgan fingerprint density at radius 3 is 3.12 bits per heavy atom. The first-order valence-electron chi connectivity index (χ1n) is 6.07. The molecule has 0 fully saturated rings. The summed E-state index contributed by atoms with van der Waals surface area (Å²) in [4.78, 5) is 3.53. The molecule has 0 spiro atoms. The predicted molar refractivity (Wildman–Crippen MR) is 69.1 cm³/mol. The maximum Gasteiger partial charge on any atom is 0.0460 e. The first-order chi connectivity index (χ1) is 7.78. The lowest BCUT2D eigenvalue weighted by molar-refractivity contribution is 0.444. The number of halogens is 1. The lowest BCUT2D eigenvalue weighted by Crippen LogP contribution is -2.12. The van der Waals surface area contributed by atoms with Gasteiger partial charge in [0.2, 0.25) is 0 Å². The second-order valence-corrected chi connectivity index (χ2v) is 5.23. The third kappa shape index (κ3) is 1.54. The zero-order chi connectivity index (χ0) is 11.1. The molecule has 0 saturated heterocycles. The van der Waals surface area contributed by atoms with E-state index in [2.05, 4.69) is 24.0 Å². The standard InChI is InChI=1S/C14H16ClN/c1-2-9-3-5-13-11(7-9)12-8-10(15)4-6-14(12)16-13/h4,6,8-9,16H,2-3,5,7H2,1H3. The average molecular weight is 234 g/mol. The molecule has 1 aliphatic carbocycles. The number of hydrogen-bond donors (Lipinski definition) is 1. The van der Waals surface area contributed by atoms with E-state index >= 15 is 0 Å². The van der Waals surface area contributed by atoms with Crippen molar-refractivity contribution in [3.8, 4) is 0 Å². The van der Waals surface area contributed by atoms with E-state index in [-0.39, 0.29) is 0 Å². The van der Waals surface area contributed by atoms with E-state index in [0.29, 0.717) is 0 Å². The number of benzene rings is 1. The third-order valence-electron chi connectivity index (χ3n) is 3.83. The van der Waals surface area contributed by atoms with E-state index in [0.717, 1.165) is 10.9 Å². The summed E-state index contributed by atoms with van der Waals surface area (Å²) in [5, 5.41) is 2.17. The molecule has 2 aromatic rings. The van der Waals surface area contributed by atoms with Crippen molar-refractivity contribution in [2.24, 2.45) is 5.92 Å². The van der Waals surface area contributed by atoms with Crippen LogP contribution < -0.4 is 0 Å². The number of aromatic nitrogens is 1. The third-order valence-corrected chi connectivity index (χ3v) is 4.06. The summed E-state index contributed by atoms with van der Waals surface area (Å²) in [6.07, 6.45) is 5.02. The van der Waals surface area contributed by atoms with Crippen LogP contribution in [-0.4, -0.2) is 4.98 Å². The molecule has 1 aromatic heterocycles. The fourth-order valence-electron chi connectivity index (χ4n) is 2.81. The molecule has 2 heteroatoms. The first-order valence-corrected chi connectivity index (χ1v) is 6.44. The minimum Gasteiger partial charge on any atom is -0.358 e. The van der Waals surface area contributed by atoms with Gasteiger partial charge in [0.05, 0.1) is 0 Å². The lowest BCUT2D eigenvalue weighted by atomic mass is 9.85. The summed E-state index contributed by atoms with van der Waals surface area (Å²) in [5.41, 5.74) is 4.18. The summed E-state index contributed by atoms with van der Waals surface area (Å²) in [6.45, 7) is 2.29. The molecule has 1 N–H and O–H groups in total. The van der Waals surface area contributed by atoms with Crippen LogP contribution in [0.5, 0.6) is 0 Å². The minimum atomic E-state index is 0.841. The predicted octanol–water partition coefficient (Wildman–Crippen LogP) is 4.34. The second kappa shape index (κ2) is 3.81. The van der Waals surface area contributed by atoms with Crippen molar-refractivity contribution in [1.29, 1.82) is 0 Å². The molecule has 1 atom stereocenters. The Hall–Kier alpha value is -0.950. The molecule has 1 nitrogen and oxygen atoms in total. The quantitative estimate of drug-likeness (QED) is 0.755. The Morgan fingerprint density at radius 1 is 1.44 bits per heavy atom. The van der Waals surface area contributed by atoms with Gasteiger partial charge in [-0.05, 0) is 48.9 Å². The maximum absolute atomic E-state index is 6.07. The van der Waals surface area contributed by atoms with Gasteiger partial charge in [0.1, 0.15) is 0 Å². The van der Waals surface area contributed by atoms with Crippen LogP contribution in [0.4, 0.5) is 0 Å². The van der Waals surface area contributed by atoms with Gasteiger partial charge in [-0.3, -0.25) is 0 Å². The summed E-state index contributed by atoms with van der Waals surface area (Å²) < 4.78 is 0. The number of H-pyrrole nitrogens is 1. The van der Waals surface area contributed by atoms with Crippen LogP contribution in [0.25, 0.3) is 10.9 Å². The highest BCUT2D eigenvalue weighted by atomic mass is 35.5. The molecule has 16 heavy (non-hydrogen) atoms. The Kier molecular flexibility index (Phi) is 2.44. The molecule has 0 radical (unpaired) electrons. The van der Waals surface area contributed by atoms with Crippen LogP contribution >= 0.6 is 11.6 Å². The van der Waals surface area contributed by atoms with Crippen LogP contribution in [0.3, 0.4) is 0 Å². The van der Waals surface area contributed by atoms with Crippen LogP contribution in [-0.2, 0) is 12.8 Å². The Balaban J connectivity index is 2.15. The van der Waals surface area contributed by atoms with Gasteiger partial charge in [0.15, 0.2) is 0 Å². The molecular weight excluding hydrogens is 218 g/mol. The summed E-state index contributed by atoms with van der Waals surface area (Å²) >= 11 is 6.07. The molecule has 1 unspecified atom stereocenters. The number of fused-ring (bicyclic) bond motifs is 3. The molecule has 1 heterocycles. The molecule has 84 valence electrons. The van der Waals surface area contributed by atoms with Gasteiger partial charge in [-0.1, -0.05) is 24.9 Å². The number of rotatable bonds is 1. The Bertz CT molecular complexity index is 527. The van der Waals surface area contributed by atoms with Crippen LogP contribution in [0, 0.1) is 5.92 Å². The van der Waals surface area contributed by atoms with Crippen LogP contribution in [0.1, 0.15) is 31.0 Å². The van der Waals surface area contributed by atoms with E-state index in [9.17, 15) is 0 Å². The molecule has 0 amide bonds. The van der Waals surface area contributed by atoms with Gasteiger partial charge in [0, 0.05) is 21.6 Å². The van der Waals surface area contributed by atoms with Crippen molar-refractivity contribution in [2.45, 2.75) is 32.6 Å². The SMILES string of the molecule is CCC1CCc2[nH]c3ccc(Cl)cc3c2C1. The molecule has 0 aliphatic heterocycles. The van der Waals surface area contributed by atoms with E-state index in [1.807, 2.05) is 6.07 Å². The zero-order valence-electron chi connectivity index (χ0n) is 9.52. The zero-order valence-corrected chi connectivity index (χ0v) is 10.3. The lowest BCUT2D eigenvalue weighted by Gasteiger charge is -2.20. The van der Waals surface area contributed by atoms with Crippen molar-refractivity contribution in [2.75, 3.05) is 0 Å². The van der Waals surface area contributed by atoms with Crippen molar-refractivity contribution in [1.82, 2.24) is 4.98 Å². The summed E-state index contributed by atoms with van der Waals surface area (Å²) in [7, 11) is 0. The van der Waals surface area contributed by atoms with Crippen molar-refractivity contribution >= 4 is 22.5 Å². The van der Waals surface area contributed by atoms with E-state index < -0.39 is 0 Å². The minimum absolute atomic E-state index is 0.841. The number of nitrogens with one attached hydrogen (secondary N) is 1. The van der Waals surface area contributed by atoms with Crippen LogP contribution in [0.15, 0.2) is 18.2 Å². The fraction of sp³-hybridized carbons (Fsp3) is 0.429. The fourth-order valence-corrected chi connectivity index (χ4v) is 2.98. The van der Waals surface area contributed by atoms with Crippen molar-refractivity contribution < 1.29 is 0 Å². The van der Waals surface area contributed by atoms with Gasteiger partial charge in [-0.2, -0.15) is 0 Å². The van der Waals surface area contributed by atoms with E-state index in [1.54, 1.807) is 0 Å².